The van der Waals surface area contributed by atoms with Gasteiger partial charge in [-0.15, -0.1) is 0 Å². The predicted octanol–water partition coefficient (Wildman–Crippen LogP) is 3.57. The Bertz CT molecular complexity index is 2010. The zero-order valence-corrected chi connectivity index (χ0v) is 40.7. The van der Waals surface area contributed by atoms with Crippen LogP contribution in [0.25, 0.3) is 0 Å². The Morgan fingerprint density at radius 3 is 1.85 bits per heavy atom. The zero-order chi connectivity index (χ0) is 49.6. The van der Waals surface area contributed by atoms with E-state index in [0.29, 0.717) is 37.9 Å². The number of hydrogen-bond acceptors (Lipinski definition) is 8. The number of rotatable bonds is 27. The largest absolute Gasteiger partial charge is 0.480 e. The molecule has 5 amide bonds. The number of ether oxygens (including phenoxy) is 1. The van der Waals surface area contributed by atoms with E-state index in [1.807, 2.05) is 50.2 Å². The van der Waals surface area contributed by atoms with Crippen molar-refractivity contribution in [2.24, 2.45) is 17.8 Å². The number of carboxylic acids is 1. The molecule has 1 saturated carbocycles. The van der Waals surface area contributed by atoms with Gasteiger partial charge in [-0.05, 0) is 82.3 Å². The number of aromatic amines is 2. The lowest BCUT2D eigenvalue weighted by molar-refractivity contribution is -0.376. The molecule has 68 heavy (non-hydrogen) atoms. The third-order valence-corrected chi connectivity index (χ3v) is 12.2. The fraction of sp³-hybridized carbons (Fsp3) is 0.588. The van der Waals surface area contributed by atoms with Crippen molar-refractivity contribution in [3.05, 3.63) is 90.0 Å². The van der Waals surface area contributed by atoms with Crippen LogP contribution in [0.1, 0.15) is 122 Å². The second-order valence-electron chi connectivity index (χ2n) is 19.8. The van der Waals surface area contributed by atoms with Crippen molar-refractivity contribution < 1.29 is 54.4 Å². The van der Waals surface area contributed by atoms with Gasteiger partial charge in [0.2, 0.25) is 30.0 Å². The van der Waals surface area contributed by atoms with Crippen molar-refractivity contribution in [2.75, 3.05) is 6.54 Å². The summed E-state index contributed by atoms with van der Waals surface area (Å²) in [5.74, 6) is -4.01. The summed E-state index contributed by atoms with van der Waals surface area (Å²) in [5.41, 5.74) is 5.20. The summed E-state index contributed by atoms with van der Waals surface area (Å²) in [5, 5.41) is 36.5. The molecule has 3 aromatic rings. The Hall–Kier alpha value is -5.81. The van der Waals surface area contributed by atoms with Crippen molar-refractivity contribution in [2.45, 2.75) is 166 Å². The van der Waals surface area contributed by atoms with E-state index in [0.717, 1.165) is 43.2 Å². The highest BCUT2D eigenvalue weighted by molar-refractivity contribution is 5.92. The summed E-state index contributed by atoms with van der Waals surface area (Å²) in [6.07, 6.45) is 8.72. The average Bonchev–Trinajstić information content (AvgIpc) is 3.81. The number of imidazole rings is 1. The molecule has 2 aromatic carbocycles. The van der Waals surface area contributed by atoms with Crippen LogP contribution in [0.2, 0.25) is 0 Å². The molecular formula is C51H78N8O9+2. The third-order valence-electron chi connectivity index (χ3n) is 12.2. The molecule has 4 rings (SSSR count). The number of aliphatic hydroxyl groups is 1. The maximum Gasteiger partial charge on any atom is 0.408 e. The van der Waals surface area contributed by atoms with E-state index in [9.17, 15) is 39.0 Å². The van der Waals surface area contributed by atoms with Crippen LogP contribution in [-0.2, 0) is 48.0 Å². The van der Waals surface area contributed by atoms with Crippen LogP contribution in [-0.4, -0.2) is 99.3 Å². The second-order valence-corrected chi connectivity index (χ2v) is 19.8. The first-order valence-corrected chi connectivity index (χ1v) is 24.4. The first-order chi connectivity index (χ1) is 32.4. The molecule has 0 radical (unpaired) electrons. The lowest BCUT2D eigenvalue weighted by Gasteiger charge is -2.33. The van der Waals surface area contributed by atoms with Crippen molar-refractivity contribution >= 4 is 35.7 Å². The van der Waals surface area contributed by atoms with Gasteiger partial charge in [-0.2, -0.15) is 0 Å². The van der Waals surface area contributed by atoms with Crippen molar-refractivity contribution in [3.63, 3.8) is 0 Å². The smallest absolute Gasteiger partial charge is 0.408 e. The number of benzene rings is 2. The van der Waals surface area contributed by atoms with Crippen molar-refractivity contribution in [1.29, 1.82) is 0 Å². The number of quaternary nitrogens is 1. The van der Waals surface area contributed by atoms with E-state index in [-0.39, 0.29) is 43.9 Å². The van der Waals surface area contributed by atoms with E-state index >= 15 is 0 Å². The van der Waals surface area contributed by atoms with Crippen LogP contribution in [0.3, 0.4) is 0 Å². The van der Waals surface area contributed by atoms with E-state index in [2.05, 4.69) is 42.3 Å². The molecule has 17 heteroatoms. The number of aliphatic carboxylic acids is 1. The number of aliphatic hydroxyl groups excluding tert-OH is 1. The minimum absolute atomic E-state index is 0.0142. The lowest BCUT2D eigenvalue weighted by Crippen LogP contribution is -2.58. The van der Waals surface area contributed by atoms with Gasteiger partial charge in [-0.25, -0.2) is 14.6 Å². The molecule has 1 aliphatic carbocycles. The molecule has 0 bridgehead atoms. The molecule has 1 heterocycles. The monoisotopic (exact) mass is 947 g/mol. The van der Waals surface area contributed by atoms with Crippen molar-refractivity contribution in [1.82, 2.24) is 31.6 Å². The number of carbonyl (C=O) groups is 6. The molecule has 1 fully saturated rings. The van der Waals surface area contributed by atoms with Gasteiger partial charge in [0.05, 0.1) is 18.7 Å². The third kappa shape index (κ3) is 19.8. The first-order valence-electron chi connectivity index (χ1n) is 24.4. The molecular weight excluding hydrogens is 869 g/mol. The van der Waals surface area contributed by atoms with Crippen LogP contribution in [0, 0.1) is 17.8 Å². The summed E-state index contributed by atoms with van der Waals surface area (Å²) in [6.45, 7) is 9.70. The number of amides is 5. The lowest BCUT2D eigenvalue weighted by atomic mass is 9.81. The summed E-state index contributed by atoms with van der Waals surface area (Å²) in [4.78, 5) is 88.3. The molecule has 0 spiro atoms. The Morgan fingerprint density at radius 2 is 1.29 bits per heavy atom. The fourth-order valence-electron chi connectivity index (χ4n) is 8.76. The molecule has 0 aliphatic heterocycles. The Labute approximate surface area is 401 Å². The number of unbranched alkanes of at least 4 members (excludes halogenated alkanes) is 1. The van der Waals surface area contributed by atoms with E-state index in [1.165, 1.54) is 0 Å². The highest BCUT2D eigenvalue weighted by Crippen LogP contribution is 2.30. The molecule has 0 saturated heterocycles. The molecule has 17 nitrogen and oxygen atoms in total. The summed E-state index contributed by atoms with van der Waals surface area (Å²) >= 11 is 0. The number of nitrogens with one attached hydrogen (secondary N) is 7. The van der Waals surface area contributed by atoms with Gasteiger partial charge >= 0.3 is 12.1 Å². The molecule has 7 atom stereocenters. The number of aromatic nitrogens is 2. The number of carbonyl (C=O) groups excluding carboxylic acids is 5. The van der Waals surface area contributed by atoms with Crippen LogP contribution in [0.15, 0.2) is 73.2 Å². The van der Waals surface area contributed by atoms with Crippen LogP contribution >= 0.6 is 0 Å². The number of carboxylic acid groups (broad SMARTS) is 1. The summed E-state index contributed by atoms with van der Waals surface area (Å²) < 4.78 is 5.50. The van der Waals surface area contributed by atoms with Crippen LogP contribution in [0.5, 0.6) is 0 Å². The zero-order valence-electron chi connectivity index (χ0n) is 40.7. The minimum Gasteiger partial charge on any atom is -0.480 e. The molecule has 1 aromatic heterocycles. The number of alkyl carbamates (subject to hydrolysis) is 1. The SMILES string of the molecule is CC(C)C[C@H](C[C@H](O)[C@H](CC1CCCCC1)NC(=O)[C@H](Cc1c[nH+]c[nH]1)NC(=O)[C@H](Cc1ccccc1)NC(=O)OC(C)(C)C)C(=O)N[C@@H](CCCC[NH3+])C(=O)N[C@@H](Cc1ccccc1)C(=O)O. The topological polar surface area (TPSA) is 270 Å². The van der Waals surface area contributed by atoms with Gasteiger partial charge in [0.15, 0.2) is 0 Å². The maximum absolute atomic E-state index is 14.6. The average molecular weight is 947 g/mol. The van der Waals surface area contributed by atoms with Gasteiger partial charge in [0.25, 0.3) is 0 Å². The standard InChI is InChI=1S/C51H76N8O9/c1-33(2)25-37(45(61)55-39(23-15-16-24-52)46(62)58-43(49(65)66)28-36-21-13-8-14-22-36)29-44(60)40(26-34-17-9-6-10-18-34)56-48(64)42(30-38-31-53-32-54-38)57-47(63)41(27-35-19-11-7-12-20-35)59-50(67)68-51(3,4)5/h7-8,11-14,19-22,31-34,37,39-44,60H,6,9-10,15-18,23-30,52H2,1-5H3,(H,53,54)(H,55,61)(H,56,64)(H,57,63)(H,58,62)(H,59,67)(H,65,66)/p+2/t37-,39+,40+,41+,42+,43+,44+/m1/s1. The maximum atomic E-state index is 14.6. The van der Waals surface area contributed by atoms with E-state index in [4.69, 9.17) is 4.74 Å². The minimum atomic E-state index is -1.23. The van der Waals surface area contributed by atoms with E-state index in [1.54, 1.807) is 57.6 Å². The summed E-state index contributed by atoms with van der Waals surface area (Å²) in [6, 6.07) is 12.8. The van der Waals surface area contributed by atoms with Crippen molar-refractivity contribution in [3.8, 4) is 0 Å². The van der Waals surface area contributed by atoms with Gasteiger partial charge < -0.3 is 47.3 Å². The quantitative estimate of drug-likeness (QED) is 0.0505. The van der Waals surface area contributed by atoms with Gasteiger partial charge in [-0.1, -0.05) is 107 Å². The number of hydrogen-bond donors (Lipinski definition) is 9. The summed E-state index contributed by atoms with van der Waals surface area (Å²) in [7, 11) is 0. The Balaban J connectivity index is 1.58. The molecule has 0 unspecified atom stereocenters. The normalized spacial score (nSPS) is 16.2. The van der Waals surface area contributed by atoms with Gasteiger partial charge in [0.1, 0.15) is 41.7 Å². The molecule has 12 N–H and O–H groups in total. The highest BCUT2D eigenvalue weighted by atomic mass is 16.6. The van der Waals surface area contributed by atoms with Gasteiger partial charge in [0, 0.05) is 25.2 Å². The first kappa shape index (κ1) is 54.8. The van der Waals surface area contributed by atoms with Crippen LogP contribution in [0.4, 0.5) is 4.79 Å². The van der Waals surface area contributed by atoms with Gasteiger partial charge in [-0.3, -0.25) is 24.2 Å². The molecule has 1 aliphatic rings. The molecule has 374 valence electrons. The fourth-order valence-corrected chi connectivity index (χ4v) is 8.76. The van der Waals surface area contributed by atoms with E-state index < -0.39 is 83.5 Å². The number of H-pyrrole nitrogens is 2. The Kier molecular flexibility index (Phi) is 22.5. The predicted molar refractivity (Wildman–Crippen MR) is 256 cm³/mol. The second kappa shape index (κ2) is 27.9. The highest BCUT2D eigenvalue weighted by Gasteiger charge is 2.36. The Morgan fingerprint density at radius 1 is 0.735 bits per heavy atom. The van der Waals surface area contributed by atoms with Crippen LogP contribution < -0.4 is 37.3 Å².